The van der Waals surface area contributed by atoms with E-state index >= 15 is 0 Å². The summed E-state index contributed by atoms with van der Waals surface area (Å²) >= 11 is 0. The van der Waals surface area contributed by atoms with Gasteiger partial charge in [-0.25, -0.2) is 0 Å². The summed E-state index contributed by atoms with van der Waals surface area (Å²) in [6.07, 6.45) is 7.35. The van der Waals surface area contributed by atoms with Gasteiger partial charge in [0, 0.05) is 5.92 Å². The van der Waals surface area contributed by atoms with Crippen LogP contribution in [0.4, 0.5) is 0 Å². The topological polar surface area (TPSA) is 76.2 Å². The number of aromatic nitrogens is 2. The summed E-state index contributed by atoms with van der Waals surface area (Å²) < 4.78 is 5.23. The largest absolute Gasteiger partial charge is 0.481 e. The van der Waals surface area contributed by atoms with Crippen molar-refractivity contribution < 1.29 is 14.4 Å². The van der Waals surface area contributed by atoms with Gasteiger partial charge in [-0.2, -0.15) is 4.98 Å². The maximum Gasteiger partial charge on any atom is 0.307 e. The van der Waals surface area contributed by atoms with Crippen LogP contribution < -0.4 is 0 Å². The van der Waals surface area contributed by atoms with E-state index in [1.807, 2.05) is 12.2 Å². The van der Waals surface area contributed by atoms with Crippen LogP contribution >= 0.6 is 0 Å². The zero-order valence-corrected chi connectivity index (χ0v) is 9.37. The molecule has 2 atom stereocenters. The third kappa shape index (κ3) is 1.97. The van der Waals surface area contributed by atoms with Crippen molar-refractivity contribution in [1.82, 2.24) is 10.1 Å². The van der Waals surface area contributed by atoms with Gasteiger partial charge in [-0.1, -0.05) is 17.3 Å². The van der Waals surface area contributed by atoms with Gasteiger partial charge in [0.2, 0.25) is 5.89 Å². The molecule has 1 heterocycles. The zero-order valence-electron chi connectivity index (χ0n) is 9.37. The predicted octanol–water partition coefficient (Wildman–Crippen LogP) is 2.08. The van der Waals surface area contributed by atoms with Crippen molar-refractivity contribution in [3.8, 4) is 0 Å². The first-order valence-corrected chi connectivity index (χ1v) is 5.97. The first-order valence-electron chi connectivity index (χ1n) is 5.97. The zero-order chi connectivity index (χ0) is 11.8. The molecule has 0 spiro atoms. The van der Waals surface area contributed by atoms with Crippen molar-refractivity contribution in [2.75, 3.05) is 0 Å². The Balaban J connectivity index is 1.84. The summed E-state index contributed by atoms with van der Waals surface area (Å²) in [5.41, 5.74) is 0. The second kappa shape index (κ2) is 3.98. The number of hydrogen-bond donors (Lipinski definition) is 1. The van der Waals surface area contributed by atoms with E-state index in [4.69, 9.17) is 4.52 Å². The molecule has 90 valence electrons. The van der Waals surface area contributed by atoms with Crippen LogP contribution in [-0.4, -0.2) is 21.2 Å². The van der Waals surface area contributed by atoms with Crippen LogP contribution in [-0.2, 0) is 4.79 Å². The number of hydrogen-bond acceptors (Lipinski definition) is 4. The Morgan fingerprint density at radius 2 is 2.12 bits per heavy atom. The van der Waals surface area contributed by atoms with Gasteiger partial charge in [0.05, 0.1) is 11.8 Å². The molecule has 1 N–H and O–H groups in total. The molecule has 17 heavy (non-hydrogen) atoms. The average Bonchev–Trinajstić information content (AvgIpc) is 3.07. The van der Waals surface area contributed by atoms with Gasteiger partial charge in [0.15, 0.2) is 5.82 Å². The van der Waals surface area contributed by atoms with Crippen LogP contribution in [0.1, 0.15) is 49.2 Å². The van der Waals surface area contributed by atoms with Gasteiger partial charge >= 0.3 is 5.97 Å². The number of nitrogens with zero attached hydrogens (tertiary/aromatic N) is 2. The van der Waals surface area contributed by atoms with Gasteiger partial charge in [0.1, 0.15) is 0 Å². The minimum absolute atomic E-state index is 0.169. The van der Waals surface area contributed by atoms with Gasteiger partial charge in [-0.05, 0) is 25.7 Å². The van der Waals surface area contributed by atoms with Gasteiger partial charge in [-0.3, -0.25) is 4.79 Å². The van der Waals surface area contributed by atoms with Crippen molar-refractivity contribution in [2.45, 2.75) is 37.5 Å². The van der Waals surface area contributed by atoms with E-state index in [1.54, 1.807) is 0 Å². The second-order valence-corrected chi connectivity index (χ2v) is 4.76. The lowest BCUT2D eigenvalue weighted by atomic mass is 9.83. The third-order valence-corrected chi connectivity index (χ3v) is 3.47. The molecule has 2 aliphatic carbocycles. The van der Waals surface area contributed by atoms with Crippen LogP contribution in [0.2, 0.25) is 0 Å². The lowest BCUT2D eigenvalue weighted by Crippen LogP contribution is -2.23. The van der Waals surface area contributed by atoms with E-state index in [0.29, 0.717) is 24.7 Å². The lowest BCUT2D eigenvalue weighted by molar-refractivity contribution is -0.142. The van der Waals surface area contributed by atoms with Crippen molar-refractivity contribution >= 4 is 5.97 Å². The summed E-state index contributed by atoms with van der Waals surface area (Å²) in [5.74, 6) is 0.285. The van der Waals surface area contributed by atoms with Crippen LogP contribution in [0, 0.1) is 5.92 Å². The SMILES string of the molecule is O=C(O)[C@H]1CC=CC[C@H]1c1nc(C2CC2)no1. The quantitative estimate of drug-likeness (QED) is 0.810. The Bertz CT molecular complexity index is 462. The molecular formula is C12H14N2O3. The predicted molar refractivity (Wildman–Crippen MR) is 58.5 cm³/mol. The number of aliphatic carboxylic acids is 1. The van der Waals surface area contributed by atoms with Gasteiger partial charge in [-0.15, -0.1) is 0 Å². The van der Waals surface area contributed by atoms with Gasteiger partial charge < -0.3 is 9.63 Å². The minimum Gasteiger partial charge on any atom is -0.481 e. The molecular weight excluding hydrogens is 220 g/mol. The molecule has 1 saturated carbocycles. The van der Waals surface area contributed by atoms with Crippen LogP contribution in [0.15, 0.2) is 16.7 Å². The normalized spacial score (nSPS) is 28.2. The Morgan fingerprint density at radius 1 is 1.35 bits per heavy atom. The number of allylic oxidation sites excluding steroid dienone is 2. The molecule has 0 unspecified atom stereocenters. The van der Waals surface area contributed by atoms with E-state index in [-0.39, 0.29) is 5.92 Å². The van der Waals surface area contributed by atoms with Crippen LogP contribution in [0.3, 0.4) is 0 Å². The smallest absolute Gasteiger partial charge is 0.307 e. The molecule has 5 heteroatoms. The fourth-order valence-corrected chi connectivity index (χ4v) is 2.27. The van der Waals surface area contributed by atoms with Crippen LogP contribution in [0.25, 0.3) is 0 Å². The fourth-order valence-electron chi connectivity index (χ4n) is 2.27. The number of carboxylic acid groups (broad SMARTS) is 1. The van der Waals surface area contributed by atoms with Crippen molar-refractivity contribution in [3.63, 3.8) is 0 Å². The highest BCUT2D eigenvalue weighted by Crippen LogP contribution is 2.40. The molecule has 0 amide bonds. The average molecular weight is 234 g/mol. The lowest BCUT2D eigenvalue weighted by Gasteiger charge is -2.21. The first-order chi connectivity index (χ1) is 8.25. The molecule has 5 nitrogen and oxygen atoms in total. The molecule has 0 saturated heterocycles. The highest BCUT2D eigenvalue weighted by Gasteiger charge is 2.36. The monoisotopic (exact) mass is 234 g/mol. The molecule has 3 rings (SSSR count). The Hall–Kier alpha value is -1.65. The number of rotatable bonds is 3. The van der Waals surface area contributed by atoms with Crippen LogP contribution in [0.5, 0.6) is 0 Å². The fraction of sp³-hybridized carbons (Fsp3) is 0.583. The Labute approximate surface area is 98.5 Å². The minimum atomic E-state index is -0.787. The van der Waals surface area contributed by atoms with Crippen molar-refractivity contribution in [2.24, 2.45) is 5.92 Å². The first kappa shape index (κ1) is 10.5. The molecule has 0 aliphatic heterocycles. The van der Waals surface area contributed by atoms with Crippen molar-refractivity contribution in [3.05, 3.63) is 23.9 Å². The molecule has 1 aromatic rings. The third-order valence-electron chi connectivity index (χ3n) is 3.47. The molecule has 2 aliphatic rings. The highest BCUT2D eigenvalue weighted by atomic mass is 16.5. The molecule has 0 aromatic carbocycles. The van der Waals surface area contributed by atoms with E-state index in [2.05, 4.69) is 10.1 Å². The highest BCUT2D eigenvalue weighted by molar-refractivity contribution is 5.71. The summed E-state index contributed by atoms with van der Waals surface area (Å²) in [7, 11) is 0. The van der Waals surface area contributed by atoms with Crippen molar-refractivity contribution in [1.29, 1.82) is 0 Å². The number of carbonyl (C=O) groups is 1. The van der Waals surface area contributed by atoms with Gasteiger partial charge in [0.25, 0.3) is 0 Å². The standard InChI is InChI=1S/C12H14N2O3/c15-12(16)9-4-2-1-3-8(9)11-13-10(14-17-11)7-5-6-7/h1-2,7-9H,3-6H2,(H,15,16)/t8-,9+/m1/s1. The van der Waals surface area contributed by atoms with E-state index in [9.17, 15) is 9.90 Å². The molecule has 0 bridgehead atoms. The van der Waals surface area contributed by atoms with E-state index < -0.39 is 11.9 Å². The van der Waals surface area contributed by atoms with E-state index in [0.717, 1.165) is 18.7 Å². The maximum atomic E-state index is 11.2. The number of carboxylic acids is 1. The summed E-state index contributed by atoms with van der Waals surface area (Å²) in [5, 5.41) is 13.1. The maximum absolute atomic E-state index is 11.2. The second-order valence-electron chi connectivity index (χ2n) is 4.76. The Morgan fingerprint density at radius 3 is 2.82 bits per heavy atom. The summed E-state index contributed by atoms with van der Waals surface area (Å²) in [4.78, 5) is 15.5. The van der Waals surface area contributed by atoms with E-state index in [1.165, 1.54) is 0 Å². The summed E-state index contributed by atoms with van der Waals surface area (Å²) in [6, 6.07) is 0. The summed E-state index contributed by atoms with van der Waals surface area (Å²) in [6.45, 7) is 0. The molecule has 1 aromatic heterocycles. The Kier molecular flexibility index (Phi) is 2.46. The molecule has 0 radical (unpaired) electrons. The molecule has 1 fully saturated rings.